The lowest BCUT2D eigenvalue weighted by atomic mass is 10.2. The van der Waals surface area contributed by atoms with Crippen LogP contribution in [-0.4, -0.2) is 10.2 Å². The number of halogens is 1. The maximum absolute atomic E-state index is 5.58. The molecule has 0 radical (unpaired) electrons. The van der Waals surface area contributed by atoms with Crippen molar-refractivity contribution in [3.63, 3.8) is 0 Å². The molecule has 0 saturated carbocycles. The molecule has 1 heterocycles. The van der Waals surface area contributed by atoms with Crippen molar-refractivity contribution in [3.8, 4) is 0 Å². The van der Waals surface area contributed by atoms with Crippen LogP contribution in [0.1, 0.15) is 18.2 Å². The molecule has 3 N–H and O–H groups in total. The number of allylic oxidation sites excluding steroid dienone is 1. The molecule has 1 aromatic heterocycles. The van der Waals surface area contributed by atoms with Gasteiger partial charge in [0, 0.05) is 11.3 Å². The zero-order chi connectivity index (χ0) is 8.43. The zero-order valence-electron chi connectivity index (χ0n) is 6.48. The molecule has 0 aliphatic rings. The maximum atomic E-state index is 5.58. The summed E-state index contributed by atoms with van der Waals surface area (Å²) in [5, 5.41) is 6.66. The lowest BCUT2D eigenvalue weighted by Crippen LogP contribution is -1.86. The topological polar surface area (TPSA) is 54.7 Å². The third-order valence-electron chi connectivity index (χ3n) is 1.37. The van der Waals surface area contributed by atoms with Gasteiger partial charge in [0.2, 0.25) is 0 Å². The number of rotatable bonds is 1. The van der Waals surface area contributed by atoms with E-state index in [-0.39, 0.29) is 0 Å². The molecule has 3 nitrogen and oxygen atoms in total. The predicted octanol–water partition coefficient (Wildman–Crippen LogP) is 2.06. The van der Waals surface area contributed by atoms with Gasteiger partial charge in [0.05, 0.1) is 0 Å². The van der Waals surface area contributed by atoms with Gasteiger partial charge in [0.25, 0.3) is 0 Å². The molecule has 0 aliphatic heterocycles. The highest BCUT2D eigenvalue weighted by atomic mass is 79.9. The molecule has 0 spiro atoms. The average Bonchev–Trinajstić information content (AvgIpc) is 2.18. The average molecular weight is 216 g/mol. The molecule has 0 aromatic carbocycles. The molecular formula is C7H10BrN3. The third kappa shape index (κ3) is 1.83. The summed E-state index contributed by atoms with van der Waals surface area (Å²) in [6.07, 6.45) is 1.94. The Bertz CT molecular complexity index is 264. The van der Waals surface area contributed by atoms with Crippen LogP contribution in [0, 0.1) is 6.92 Å². The standard InChI is InChI=1S/C7H10BrN3/c1-4(8)3-6-5(2)10-11-7(6)9/h3H,1-2H3,(H3,9,10,11)/b4-3+. The van der Waals surface area contributed by atoms with Gasteiger partial charge in [-0.2, -0.15) is 5.10 Å². The summed E-state index contributed by atoms with van der Waals surface area (Å²) in [6, 6.07) is 0. The van der Waals surface area contributed by atoms with Gasteiger partial charge in [-0.15, -0.1) is 0 Å². The Balaban J connectivity index is 3.11. The number of nitrogens with zero attached hydrogens (tertiary/aromatic N) is 1. The van der Waals surface area contributed by atoms with Gasteiger partial charge < -0.3 is 5.73 Å². The van der Waals surface area contributed by atoms with Gasteiger partial charge in [-0.05, 0) is 24.4 Å². The van der Waals surface area contributed by atoms with Gasteiger partial charge in [0.1, 0.15) is 0 Å². The highest BCUT2D eigenvalue weighted by molar-refractivity contribution is 9.11. The SMILES string of the molecule is C/C(Br)=C\c1c(N)n[nH]c1C. The van der Waals surface area contributed by atoms with Crippen LogP contribution in [0.4, 0.5) is 5.82 Å². The van der Waals surface area contributed by atoms with E-state index in [0.717, 1.165) is 15.7 Å². The lowest BCUT2D eigenvalue weighted by Gasteiger charge is -1.91. The van der Waals surface area contributed by atoms with Crippen LogP contribution in [0.3, 0.4) is 0 Å². The first kappa shape index (κ1) is 8.33. The van der Waals surface area contributed by atoms with Gasteiger partial charge in [-0.25, -0.2) is 0 Å². The molecule has 0 fully saturated rings. The van der Waals surface area contributed by atoms with E-state index >= 15 is 0 Å². The molecule has 4 heteroatoms. The number of H-pyrrole nitrogens is 1. The fourth-order valence-corrected chi connectivity index (χ4v) is 1.07. The zero-order valence-corrected chi connectivity index (χ0v) is 8.07. The third-order valence-corrected chi connectivity index (χ3v) is 1.60. The van der Waals surface area contributed by atoms with Crippen LogP contribution < -0.4 is 5.73 Å². The van der Waals surface area contributed by atoms with Crippen LogP contribution in [0.25, 0.3) is 6.08 Å². The highest BCUT2D eigenvalue weighted by Gasteiger charge is 2.02. The van der Waals surface area contributed by atoms with Crippen LogP contribution >= 0.6 is 15.9 Å². The summed E-state index contributed by atoms with van der Waals surface area (Å²) in [5.74, 6) is 0.543. The summed E-state index contributed by atoms with van der Waals surface area (Å²) in [4.78, 5) is 0. The normalized spacial score (nSPS) is 12.1. The van der Waals surface area contributed by atoms with E-state index < -0.39 is 0 Å². The molecule has 11 heavy (non-hydrogen) atoms. The first-order valence-corrected chi connectivity index (χ1v) is 4.05. The largest absolute Gasteiger partial charge is 0.382 e. The van der Waals surface area contributed by atoms with E-state index in [4.69, 9.17) is 5.73 Å². The highest BCUT2D eigenvalue weighted by Crippen LogP contribution is 2.18. The van der Waals surface area contributed by atoms with Crippen molar-refractivity contribution >= 4 is 27.8 Å². The van der Waals surface area contributed by atoms with Crippen molar-refractivity contribution in [1.29, 1.82) is 0 Å². The summed E-state index contributed by atoms with van der Waals surface area (Å²) in [7, 11) is 0. The molecule has 0 bridgehead atoms. The fraction of sp³-hybridized carbons (Fsp3) is 0.286. The quantitative estimate of drug-likeness (QED) is 0.754. The second-order valence-electron chi connectivity index (χ2n) is 2.38. The Morgan fingerprint density at radius 2 is 2.36 bits per heavy atom. The summed E-state index contributed by atoms with van der Waals surface area (Å²) in [5.41, 5.74) is 7.53. The number of aromatic amines is 1. The Morgan fingerprint density at radius 3 is 2.73 bits per heavy atom. The van der Waals surface area contributed by atoms with Crippen molar-refractivity contribution in [1.82, 2.24) is 10.2 Å². The molecule has 60 valence electrons. The molecule has 0 aliphatic carbocycles. The second-order valence-corrected chi connectivity index (χ2v) is 3.63. The lowest BCUT2D eigenvalue weighted by molar-refractivity contribution is 1.05. The van der Waals surface area contributed by atoms with E-state index in [1.807, 2.05) is 19.9 Å². The maximum Gasteiger partial charge on any atom is 0.152 e. The smallest absolute Gasteiger partial charge is 0.152 e. The number of nitrogens with one attached hydrogen (secondary N) is 1. The summed E-state index contributed by atoms with van der Waals surface area (Å²) < 4.78 is 1.04. The van der Waals surface area contributed by atoms with Crippen molar-refractivity contribution in [3.05, 3.63) is 15.7 Å². The molecule has 1 rings (SSSR count). The Morgan fingerprint density at radius 1 is 1.73 bits per heavy atom. The van der Waals surface area contributed by atoms with E-state index in [1.54, 1.807) is 0 Å². The number of hydrogen-bond donors (Lipinski definition) is 2. The first-order valence-electron chi connectivity index (χ1n) is 3.25. The summed E-state index contributed by atoms with van der Waals surface area (Å²) in [6.45, 7) is 3.89. The Hall–Kier alpha value is -0.770. The van der Waals surface area contributed by atoms with Gasteiger partial charge in [-0.3, -0.25) is 5.10 Å². The van der Waals surface area contributed by atoms with Crippen molar-refractivity contribution in [2.45, 2.75) is 13.8 Å². The molecule has 1 aromatic rings. The van der Waals surface area contributed by atoms with Crippen LogP contribution in [-0.2, 0) is 0 Å². The van der Waals surface area contributed by atoms with Crippen molar-refractivity contribution in [2.24, 2.45) is 0 Å². The number of aromatic nitrogens is 2. The Labute approximate surface area is 73.8 Å². The summed E-state index contributed by atoms with van der Waals surface area (Å²) >= 11 is 3.33. The van der Waals surface area contributed by atoms with Gasteiger partial charge in [0.15, 0.2) is 5.82 Å². The van der Waals surface area contributed by atoms with Crippen LogP contribution in [0.5, 0.6) is 0 Å². The minimum atomic E-state index is 0.543. The molecular weight excluding hydrogens is 206 g/mol. The molecule has 0 amide bonds. The van der Waals surface area contributed by atoms with Crippen LogP contribution in [0.2, 0.25) is 0 Å². The van der Waals surface area contributed by atoms with E-state index in [0.29, 0.717) is 5.82 Å². The van der Waals surface area contributed by atoms with Crippen molar-refractivity contribution in [2.75, 3.05) is 5.73 Å². The minimum absolute atomic E-state index is 0.543. The molecule has 0 saturated heterocycles. The fourth-order valence-electron chi connectivity index (χ4n) is 0.838. The number of anilines is 1. The number of nitrogen functional groups attached to an aromatic ring is 1. The first-order chi connectivity index (χ1) is 5.11. The Kier molecular flexibility index (Phi) is 2.34. The monoisotopic (exact) mass is 215 g/mol. The van der Waals surface area contributed by atoms with Gasteiger partial charge >= 0.3 is 0 Å². The van der Waals surface area contributed by atoms with Crippen LogP contribution in [0.15, 0.2) is 4.48 Å². The van der Waals surface area contributed by atoms with E-state index in [2.05, 4.69) is 26.1 Å². The number of aryl methyl sites for hydroxylation is 1. The number of hydrogen-bond acceptors (Lipinski definition) is 2. The van der Waals surface area contributed by atoms with Crippen molar-refractivity contribution < 1.29 is 0 Å². The van der Waals surface area contributed by atoms with Gasteiger partial charge in [-0.1, -0.05) is 15.9 Å². The second kappa shape index (κ2) is 3.09. The molecule has 0 unspecified atom stereocenters. The van der Waals surface area contributed by atoms with E-state index in [1.165, 1.54) is 0 Å². The minimum Gasteiger partial charge on any atom is -0.382 e. The molecule has 0 atom stereocenters. The predicted molar refractivity (Wildman–Crippen MR) is 50.3 cm³/mol. The number of nitrogens with two attached hydrogens (primary N) is 1. The van der Waals surface area contributed by atoms with E-state index in [9.17, 15) is 0 Å².